The number of carbonyl (C=O) groups is 1. The standard InChI is InChI=1S/C13H24O4/c1-6-12(2,3)11(14)15-8-7-10-9-16-13(4,5)17-10/h10H,6-9H2,1-5H3. The van der Waals surface area contributed by atoms with Crippen molar-refractivity contribution in [2.24, 2.45) is 5.41 Å². The number of rotatable bonds is 5. The Morgan fingerprint density at radius 2 is 2.12 bits per heavy atom. The Balaban J connectivity index is 2.23. The zero-order valence-electron chi connectivity index (χ0n) is 11.5. The quantitative estimate of drug-likeness (QED) is 0.697. The average Bonchev–Trinajstić information content (AvgIpc) is 2.58. The van der Waals surface area contributed by atoms with Crippen molar-refractivity contribution in [2.75, 3.05) is 13.2 Å². The fourth-order valence-electron chi connectivity index (χ4n) is 1.53. The van der Waals surface area contributed by atoms with Gasteiger partial charge < -0.3 is 14.2 Å². The number of carbonyl (C=O) groups excluding carboxylic acids is 1. The first-order valence-electron chi connectivity index (χ1n) is 6.26. The van der Waals surface area contributed by atoms with Gasteiger partial charge in [0.1, 0.15) is 0 Å². The predicted octanol–water partition coefficient (Wildman–Crippen LogP) is 2.51. The topological polar surface area (TPSA) is 44.8 Å². The number of hydrogen-bond donors (Lipinski definition) is 0. The van der Waals surface area contributed by atoms with Crippen LogP contribution in [0.15, 0.2) is 0 Å². The first-order chi connectivity index (χ1) is 7.77. The Bertz CT molecular complexity index is 271. The van der Waals surface area contributed by atoms with Gasteiger partial charge in [0.2, 0.25) is 0 Å². The Morgan fingerprint density at radius 3 is 2.59 bits per heavy atom. The van der Waals surface area contributed by atoms with Gasteiger partial charge in [-0.2, -0.15) is 0 Å². The molecule has 4 heteroatoms. The molecule has 1 heterocycles. The summed E-state index contributed by atoms with van der Waals surface area (Å²) in [5, 5.41) is 0. The summed E-state index contributed by atoms with van der Waals surface area (Å²) < 4.78 is 16.3. The van der Waals surface area contributed by atoms with Crippen LogP contribution in [-0.4, -0.2) is 31.1 Å². The molecule has 0 bridgehead atoms. The van der Waals surface area contributed by atoms with E-state index in [1.54, 1.807) is 0 Å². The molecular weight excluding hydrogens is 220 g/mol. The van der Waals surface area contributed by atoms with E-state index in [0.717, 1.165) is 6.42 Å². The second-order valence-corrected chi connectivity index (χ2v) is 5.61. The first-order valence-corrected chi connectivity index (χ1v) is 6.26. The Hall–Kier alpha value is -0.610. The van der Waals surface area contributed by atoms with Crippen molar-refractivity contribution in [2.45, 2.75) is 59.4 Å². The van der Waals surface area contributed by atoms with Crippen molar-refractivity contribution in [3.8, 4) is 0 Å². The van der Waals surface area contributed by atoms with Crippen LogP contribution in [0.2, 0.25) is 0 Å². The highest BCUT2D eigenvalue weighted by Crippen LogP contribution is 2.25. The third kappa shape index (κ3) is 4.28. The molecule has 17 heavy (non-hydrogen) atoms. The van der Waals surface area contributed by atoms with Crippen LogP contribution < -0.4 is 0 Å². The van der Waals surface area contributed by atoms with Gasteiger partial charge in [0.15, 0.2) is 5.79 Å². The molecule has 100 valence electrons. The number of hydrogen-bond acceptors (Lipinski definition) is 4. The van der Waals surface area contributed by atoms with Crippen LogP contribution in [0.25, 0.3) is 0 Å². The summed E-state index contributed by atoms with van der Waals surface area (Å²) in [6.07, 6.45) is 1.50. The first kappa shape index (κ1) is 14.5. The molecule has 1 saturated heterocycles. The highest BCUT2D eigenvalue weighted by atomic mass is 16.7. The summed E-state index contributed by atoms with van der Waals surface area (Å²) in [6.45, 7) is 10.5. The van der Waals surface area contributed by atoms with Crippen molar-refractivity contribution in [1.29, 1.82) is 0 Å². The Kier molecular flexibility index (Phi) is 4.55. The maximum Gasteiger partial charge on any atom is 0.311 e. The minimum atomic E-state index is -0.503. The third-order valence-electron chi connectivity index (χ3n) is 3.18. The van der Waals surface area contributed by atoms with Crippen LogP contribution in [0.4, 0.5) is 0 Å². The molecule has 1 fully saturated rings. The SMILES string of the molecule is CCC(C)(C)C(=O)OCCC1COC(C)(C)O1. The van der Waals surface area contributed by atoms with E-state index < -0.39 is 11.2 Å². The van der Waals surface area contributed by atoms with E-state index in [1.165, 1.54) is 0 Å². The lowest BCUT2D eigenvalue weighted by molar-refractivity contribution is -0.156. The molecule has 1 atom stereocenters. The van der Waals surface area contributed by atoms with Gasteiger partial charge in [0, 0.05) is 6.42 Å². The molecule has 4 nitrogen and oxygen atoms in total. The van der Waals surface area contributed by atoms with E-state index >= 15 is 0 Å². The molecule has 1 unspecified atom stereocenters. The molecule has 1 rings (SSSR count). The minimum absolute atomic E-state index is 0.0301. The van der Waals surface area contributed by atoms with Crippen LogP contribution in [0, 0.1) is 5.41 Å². The zero-order chi connectivity index (χ0) is 13.1. The Morgan fingerprint density at radius 1 is 1.47 bits per heavy atom. The molecule has 1 aliphatic rings. The van der Waals surface area contributed by atoms with Gasteiger partial charge in [0.25, 0.3) is 0 Å². The highest BCUT2D eigenvalue weighted by molar-refractivity contribution is 5.75. The van der Waals surface area contributed by atoms with Crippen LogP contribution >= 0.6 is 0 Å². The van der Waals surface area contributed by atoms with Gasteiger partial charge in [-0.25, -0.2) is 0 Å². The molecule has 0 N–H and O–H groups in total. The molecule has 0 aromatic heterocycles. The summed E-state index contributed by atoms with van der Waals surface area (Å²) >= 11 is 0. The fraction of sp³-hybridized carbons (Fsp3) is 0.923. The predicted molar refractivity (Wildman–Crippen MR) is 64.6 cm³/mol. The van der Waals surface area contributed by atoms with Crippen LogP contribution in [0.1, 0.15) is 47.5 Å². The summed E-state index contributed by atoms with van der Waals surface area (Å²) in [7, 11) is 0. The lowest BCUT2D eigenvalue weighted by atomic mass is 9.91. The molecule has 0 amide bonds. The number of esters is 1. The molecule has 0 aliphatic carbocycles. The molecule has 0 aromatic rings. The van der Waals surface area contributed by atoms with Crippen LogP contribution in [0.3, 0.4) is 0 Å². The molecular formula is C13H24O4. The van der Waals surface area contributed by atoms with Crippen LogP contribution in [-0.2, 0) is 19.0 Å². The molecule has 1 aliphatic heterocycles. The van der Waals surface area contributed by atoms with Gasteiger partial charge in [0.05, 0.1) is 24.7 Å². The smallest absolute Gasteiger partial charge is 0.311 e. The van der Waals surface area contributed by atoms with Gasteiger partial charge in [-0.3, -0.25) is 4.79 Å². The van der Waals surface area contributed by atoms with Crippen LogP contribution in [0.5, 0.6) is 0 Å². The lowest BCUT2D eigenvalue weighted by Gasteiger charge is -2.21. The van der Waals surface area contributed by atoms with Crippen molar-refractivity contribution in [3.05, 3.63) is 0 Å². The second kappa shape index (κ2) is 5.36. The summed E-state index contributed by atoms with van der Waals surface area (Å²) in [5.41, 5.74) is -0.397. The van der Waals surface area contributed by atoms with Crippen molar-refractivity contribution in [1.82, 2.24) is 0 Å². The van der Waals surface area contributed by atoms with E-state index in [4.69, 9.17) is 14.2 Å². The van der Waals surface area contributed by atoms with E-state index in [0.29, 0.717) is 19.6 Å². The zero-order valence-corrected chi connectivity index (χ0v) is 11.5. The van der Waals surface area contributed by atoms with Gasteiger partial charge in [-0.1, -0.05) is 6.92 Å². The molecule has 0 saturated carbocycles. The van der Waals surface area contributed by atoms with Crippen molar-refractivity contribution < 1.29 is 19.0 Å². The average molecular weight is 244 g/mol. The summed E-state index contributed by atoms with van der Waals surface area (Å²) in [4.78, 5) is 11.7. The van der Waals surface area contributed by atoms with Crippen molar-refractivity contribution in [3.63, 3.8) is 0 Å². The summed E-state index contributed by atoms with van der Waals surface area (Å²) in [5.74, 6) is -0.643. The van der Waals surface area contributed by atoms with E-state index in [9.17, 15) is 4.79 Å². The van der Waals surface area contributed by atoms with E-state index in [-0.39, 0.29) is 12.1 Å². The van der Waals surface area contributed by atoms with E-state index in [2.05, 4.69) is 0 Å². The largest absolute Gasteiger partial charge is 0.465 e. The molecule has 0 spiro atoms. The van der Waals surface area contributed by atoms with Gasteiger partial charge in [-0.15, -0.1) is 0 Å². The minimum Gasteiger partial charge on any atom is -0.465 e. The maximum atomic E-state index is 11.7. The monoisotopic (exact) mass is 244 g/mol. The Labute approximate surface area is 104 Å². The lowest BCUT2D eigenvalue weighted by Crippen LogP contribution is -2.27. The molecule has 0 aromatic carbocycles. The van der Waals surface area contributed by atoms with Gasteiger partial charge in [-0.05, 0) is 34.1 Å². The highest BCUT2D eigenvalue weighted by Gasteiger charge is 2.33. The summed E-state index contributed by atoms with van der Waals surface area (Å²) in [6, 6.07) is 0. The van der Waals surface area contributed by atoms with E-state index in [1.807, 2.05) is 34.6 Å². The maximum absolute atomic E-state index is 11.7. The molecule has 0 radical (unpaired) electrons. The van der Waals surface area contributed by atoms with Crippen molar-refractivity contribution >= 4 is 5.97 Å². The van der Waals surface area contributed by atoms with Gasteiger partial charge >= 0.3 is 5.97 Å². The second-order valence-electron chi connectivity index (χ2n) is 5.61. The number of ether oxygens (including phenoxy) is 3. The third-order valence-corrected chi connectivity index (χ3v) is 3.18. The fourth-order valence-corrected chi connectivity index (χ4v) is 1.53. The normalized spacial score (nSPS) is 23.7.